The first-order chi connectivity index (χ1) is 9.58. The van der Waals surface area contributed by atoms with Crippen molar-refractivity contribution in [2.24, 2.45) is 11.7 Å². The van der Waals surface area contributed by atoms with Crippen molar-refractivity contribution in [3.63, 3.8) is 0 Å². The largest absolute Gasteiger partial charge is 0.465 e. The molecule has 0 heterocycles. The Kier molecular flexibility index (Phi) is 4.84. The molecule has 0 spiro atoms. The molecular formula is C14H17ClN2O3. The lowest BCUT2D eigenvalue weighted by Crippen LogP contribution is -2.30. The molecule has 3 N–H and O–H groups in total. The minimum absolute atomic E-state index is 0.0553. The lowest BCUT2D eigenvalue weighted by atomic mass is 10.1. The van der Waals surface area contributed by atoms with Crippen LogP contribution in [0.1, 0.15) is 24.3 Å². The number of nitrogens with two attached hydrogens (primary N) is 1. The molecular weight excluding hydrogens is 280 g/mol. The van der Waals surface area contributed by atoms with Gasteiger partial charge in [-0.25, -0.2) is 4.79 Å². The van der Waals surface area contributed by atoms with Crippen LogP contribution in [0, 0.1) is 5.92 Å². The number of halogens is 1. The van der Waals surface area contributed by atoms with E-state index < -0.39 is 6.03 Å². The zero-order valence-electron chi connectivity index (χ0n) is 11.0. The van der Waals surface area contributed by atoms with Crippen LogP contribution >= 0.6 is 11.6 Å². The van der Waals surface area contributed by atoms with E-state index >= 15 is 0 Å². The van der Waals surface area contributed by atoms with Crippen LogP contribution in [0.25, 0.3) is 0 Å². The molecule has 0 saturated heterocycles. The number of esters is 1. The summed E-state index contributed by atoms with van der Waals surface area (Å²) in [6, 6.07) is 6.97. The average molecular weight is 297 g/mol. The molecule has 5 nitrogen and oxygen atoms in total. The number of hydrogen-bond acceptors (Lipinski definition) is 3. The highest BCUT2D eigenvalue weighted by atomic mass is 35.5. The number of nitrogens with one attached hydrogen (secondary N) is 1. The molecule has 6 heteroatoms. The Hall–Kier alpha value is -1.75. The van der Waals surface area contributed by atoms with Crippen LogP contribution < -0.4 is 11.1 Å². The van der Waals surface area contributed by atoms with Crippen LogP contribution in [0.4, 0.5) is 4.79 Å². The maximum Gasteiger partial charge on any atom is 0.312 e. The van der Waals surface area contributed by atoms with Crippen LogP contribution in [0.2, 0.25) is 5.02 Å². The van der Waals surface area contributed by atoms with Crippen molar-refractivity contribution in [3.05, 3.63) is 34.9 Å². The summed E-state index contributed by atoms with van der Waals surface area (Å²) < 4.78 is 5.17. The summed E-state index contributed by atoms with van der Waals surface area (Å²) in [4.78, 5) is 22.2. The van der Waals surface area contributed by atoms with Crippen molar-refractivity contribution in [1.82, 2.24) is 5.32 Å². The van der Waals surface area contributed by atoms with Gasteiger partial charge in [-0.05, 0) is 36.5 Å². The van der Waals surface area contributed by atoms with Crippen LogP contribution in [0.15, 0.2) is 24.3 Å². The van der Waals surface area contributed by atoms with Crippen molar-refractivity contribution in [3.8, 4) is 0 Å². The summed E-state index contributed by atoms with van der Waals surface area (Å²) in [5.74, 6) is 0.00723. The van der Waals surface area contributed by atoms with Gasteiger partial charge in [0.15, 0.2) is 0 Å². The fourth-order valence-corrected chi connectivity index (χ4v) is 2.22. The summed E-state index contributed by atoms with van der Waals surface area (Å²) >= 11 is 5.83. The second kappa shape index (κ2) is 6.61. The van der Waals surface area contributed by atoms with Gasteiger partial charge in [-0.3, -0.25) is 4.79 Å². The normalized spacial score (nSPS) is 20.2. The zero-order valence-corrected chi connectivity index (χ0v) is 11.7. The number of ether oxygens (including phenoxy) is 1. The predicted octanol–water partition coefficient (Wildman–Crippen LogP) is 2.05. The number of amides is 2. The number of carbonyl (C=O) groups excluding carboxylic acids is 2. The van der Waals surface area contributed by atoms with E-state index in [1.54, 1.807) is 0 Å². The molecule has 2 rings (SSSR count). The molecule has 0 bridgehead atoms. The van der Waals surface area contributed by atoms with Crippen molar-refractivity contribution in [2.75, 3.05) is 13.2 Å². The maximum absolute atomic E-state index is 11.8. The third-order valence-electron chi connectivity index (χ3n) is 3.26. The van der Waals surface area contributed by atoms with E-state index in [9.17, 15) is 9.59 Å². The van der Waals surface area contributed by atoms with Gasteiger partial charge in [0.1, 0.15) is 0 Å². The first-order valence-corrected chi connectivity index (χ1v) is 6.91. The fourth-order valence-electron chi connectivity index (χ4n) is 2.10. The molecule has 2 atom stereocenters. The Balaban J connectivity index is 1.68. The lowest BCUT2D eigenvalue weighted by molar-refractivity contribution is -0.145. The Morgan fingerprint density at radius 1 is 1.35 bits per heavy atom. The highest BCUT2D eigenvalue weighted by Crippen LogP contribution is 2.48. The lowest BCUT2D eigenvalue weighted by Gasteiger charge is -2.05. The average Bonchev–Trinajstić information content (AvgIpc) is 3.19. The molecule has 0 radical (unpaired) electrons. The molecule has 1 aromatic carbocycles. The Labute approximate surface area is 122 Å². The summed E-state index contributed by atoms with van der Waals surface area (Å²) in [5, 5.41) is 3.13. The van der Waals surface area contributed by atoms with Gasteiger partial charge in [-0.1, -0.05) is 23.7 Å². The van der Waals surface area contributed by atoms with E-state index in [-0.39, 0.29) is 17.8 Å². The first kappa shape index (κ1) is 14.7. The number of primary amides is 1. The Morgan fingerprint density at radius 2 is 2.05 bits per heavy atom. The third-order valence-corrected chi connectivity index (χ3v) is 3.51. The number of carbonyl (C=O) groups is 2. The molecule has 1 aromatic rings. The second-order valence-corrected chi connectivity index (χ2v) is 5.25. The molecule has 0 aliphatic heterocycles. The van der Waals surface area contributed by atoms with Gasteiger partial charge < -0.3 is 15.8 Å². The third kappa shape index (κ3) is 4.13. The summed E-state index contributed by atoms with van der Waals surface area (Å²) in [6.07, 6.45) is 1.38. The topological polar surface area (TPSA) is 81.4 Å². The predicted molar refractivity (Wildman–Crippen MR) is 75.5 cm³/mol. The molecule has 2 amide bonds. The Morgan fingerprint density at radius 3 is 2.70 bits per heavy atom. The summed E-state index contributed by atoms with van der Waals surface area (Å²) in [6.45, 7) is 0.705. The minimum Gasteiger partial charge on any atom is -0.465 e. The van der Waals surface area contributed by atoms with E-state index in [2.05, 4.69) is 5.32 Å². The molecule has 1 saturated carbocycles. The SMILES string of the molecule is NC(=O)NCCCOC(=O)[C@@H]1C[C@@H]1c1ccc(Cl)cc1. The van der Waals surface area contributed by atoms with E-state index in [0.29, 0.717) is 24.6 Å². The van der Waals surface area contributed by atoms with Gasteiger partial charge in [0.2, 0.25) is 0 Å². The maximum atomic E-state index is 11.8. The number of urea groups is 1. The van der Waals surface area contributed by atoms with Gasteiger partial charge in [0.25, 0.3) is 0 Å². The van der Waals surface area contributed by atoms with Gasteiger partial charge in [0.05, 0.1) is 12.5 Å². The zero-order chi connectivity index (χ0) is 14.5. The van der Waals surface area contributed by atoms with Gasteiger partial charge in [-0.15, -0.1) is 0 Å². The fraction of sp³-hybridized carbons (Fsp3) is 0.429. The van der Waals surface area contributed by atoms with Crippen LogP contribution in [-0.4, -0.2) is 25.2 Å². The summed E-state index contributed by atoms with van der Waals surface area (Å²) in [5.41, 5.74) is 6.04. The minimum atomic E-state index is -0.568. The van der Waals surface area contributed by atoms with Gasteiger partial charge in [0, 0.05) is 11.6 Å². The summed E-state index contributed by atoms with van der Waals surface area (Å²) in [7, 11) is 0. The molecule has 1 aliphatic rings. The van der Waals surface area contributed by atoms with E-state index in [1.165, 1.54) is 0 Å². The second-order valence-electron chi connectivity index (χ2n) is 4.81. The van der Waals surface area contributed by atoms with Crippen LogP contribution in [-0.2, 0) is 9.53 Å². The first-order valence-electron chi connectivity index (χ1n) is 6.53. The van der Waals surface area contributed by atoms with Crippen molar-refractivity contribution < 1.29 is 14.3 Å². The van der Waals surface area contributed by atoms with E-state index in [1.807, 2.05) is 24.3 Å². The highest BCUT2D eigenvalue weighted by molar-refractivity contribution is 6.30. The quantitative estimate of drug-likeness (QED) is 0.622. The molecule has 1 fully saturated rings. The van der Waals surface area contributed by atoms with Crippen molar-refractivity contribution in [1.29, 1.82) is 0 Å². The molecule has 108 valence electrons. The highest BCUT2D eigenvalue weighted by Gasteiger charge is 2.45. The van der Waals surface area contributed by atoms with Crippen molar-refractivity contribution in [2.45, 2.75) is 18.8 Å². The van der Waals surface area contributed by atoms with E-state index in [4.69, 9.17) is 22.1 Å². The van der Waals surface area contributed by atoms with E-state index in [0.717, 1.165) is 12.0 Å². The number of hydrogen-bond donors (Lipinski definition) is 2. The van der Waals surface area contributed by atoms with Crippen LogP contribution in [0.5, 0.6) is 0 Å². The van der Waals surface area contributed by atoms with Crippen LogP contribution in [0.3, 0.4) is 0 Å². The molecule has 0 unspecified atom stereocenters. The monoisotopic (exact) mass is 296 g/mol. The number of benzene rings is 1. The standard InChI is InChI=1S/C14H17ClN2O3/c15-10-4-2-9(3-5-10)11-8-12(11)13(18)20-7-1-6-17-14(16)19/h2-5,11-12H,1,6-8H2,(H3,16,17,19)/t11-,12-/m1/s1. The van der Waals surface area contributed by atoms with Gasteiger partial charge in [-0.2, -0.15) is 0 Å². The number of rotatable bonds is 6. The molecule has 1 aliphatic carbocycles. The van der Waals surface area contributed by atoms with Gasteiger partial charge >= 0.3 is 12.0 Å². The van der Waals surface area contributed by atoms with Crippen molar-refractivity contribution >= 4 is 23.6 Å². The molecule has 0 aromatic heterocycles. The molecule has 20 heavy (non-hydrogen) atoms. The smallest absolute Gasteiger partial charge is 0.312 e. The Bertz CT molecular complexity index is 490.